The third kappa shape index (κ3) is 0.993. The van der Waals surface area contributed by atoms with E-state index in [1.807, 2.05) is 0 Å². The van der Waals surface area contributed by atoms with Crippen molar-refractivity contribution in [2.75, 3.05) is 0 Å². The van der Waals surface area contributed by atoms with Crippen molar-refractivity contribution in [3.8, 4) is 0 Å². The number of nitrogens with two attached hydrogens (primary N) is 1. The molecule has 1 aliphatic carbocycles. The average Bonchev–Trinajstić information content (AvgIpc) is 2.60. The molecular weight excluding hydrogens is 156 g/mol. The summed E-state index contributed by atoms with van der Waals surface area (Å²) >= 11 is 1.57. The Hall–Kier alpha value is -0.410. The van der Waals surface area contributed by atoms with Crippen LogP contribution in [0.4, 0.5) is 0 Å². The summed E-state index contributed by atoms with van der Waals surface area (Å²) in [6.07, 6.45) is 2.22. The zero-order chi connectivity index (χ0) is 8.06. The topological polar surface area (TPSA) is 38.9 Å². The molecule has 1 aliphatic rings. The molecule has 0 amide bonds. The molecule has 11 heavy (non-hydrogen) atoms. The molecule has 0 aromatic carbocycles. The van der Waals surface area contributed by atoms with Gasteiger partial charge in [-0.05, 0) is 43.8 Å². The molecule has 1 saturated carbocycles. The van der Waals surface area contributed by atoms with Crippen LogP contribution in [0.2, 0.25) is 0 Å². The Morgan fingerprint density at radius 1 is 1.45 bits per heavy atom. The van der Waals surface area contributed by atoms with E-state index in [1.54, 1.807) is 11.5 Å². The molecule has 1 fully saturated rings. The van der Waals surface area contributed by atoms with Crippen molar-refractivity contribution in [3.05, 3.63) is 16.1 Å². The first-order valence-electron chi connectivity index (χ1n) is 3.86. The van der Waals surface area contributed by atoms with Crippen LogP contribution in [0, 0.1) is 13.8 Å². The van der Waals surface area contributed by atoms with Crippen molar-refractivity contribution in [3.63, 3.8) is 0 Å². The zero-order valence-corrected chi connectivity index (χ0v) is 7.66. The molecule has 1 aromatic rings. The monoisotopic (exact) mass is 168 g/mol. The predicted octanol–water partition coefficient (Wildman–Crippen LogP) is 1.71. The van der Waals surface area contributed by atoms with Crippen LogP contribution in [0.5, 0.6) is 0 Å². The van der Waals surface area contributed by atoms with Gasteiger partial charge in [-0.2, -0.15) is 4.37 Å². The standard InChI is InChI=1S/C8H12N2S/c1-5-6(2)11-10-7(5)8(9)3-4-8/h3-4,9H2,1-2H3. The van der Waals surface area contributed by atoms with Gasteiger partial charge in [0.05, 0.1) is 11.2 Å². The summed E-state index contributed by atoms with van der Waals surface area (Å²) in [7, 11) is 0. The van der Waals surface area contributed by atoms with E-state index in [1.165, 1.54) is 10.4 Å². The van der Waals surface area contributed by atoms with Crippen molar-refractivity contribution in [1.82, 2.24) is 4.37 Å². The molecule has 0 aliphatic heterocycles. The highest BCUT2D eigenvalue weighted by Gasteiger charge is 2.43. The highest BCUT2D eigenvalue weighted by Crippen LogP contribution is 2.44. The summed E-state index contributed by atoms with van der Waals surface area (Å²) in [5.41, 5.74) is 8.42. The second kappa shape index (κ2) is 2.05. The molecule has 0 spiro atoms. The van der Waals surface area contributed by atoms with Gasteiger partial charge in [-0.25, -0.2) is 0 Å². The van der Waals surface area contributed by atoms with Crippen LogP contribution in [-0.2, 0) is 5.54 Å². The molecule has 1 aromatic heterocycles. The normalized spacial score (nSPS) is 20.3. The maximum atomic E-state index is 6.03. The van der Waals surface area contributed by atoms with Crippen LogP contribution in [0.1, 0.15) is 29.0 Å². The maximum absolute atomic E-state index is 6.03. The summed E-state index contributed by atoms with van der Waals surface area (Å²) < 4.78 is 4.37. The van der Waals surface area contributed by atoms with Gasteiger partial charge in [0, 0.05) is 4.88 Å². The zero-order valence-electron chi connectivity index (χ0n) is 6.85. The predicted molar refractivity (Wildman–Crippen MR) is 46.7 cm³/mol. The Kier molecular flexibility index (Phi) is 1.35. The Balaban J connectivity index is 2.45. The van der Waals surface area contributed by atoms with E-state index in [-0.39, 0.29) is 5.54 Å². The van der Waals surface area contributed by atoms with Crippen LogP contribution in [0.15, 0.2) is 0 Å². The van der Waals surface area contributed by atoms with Gasteiger partial charge in [0.25, 0.3) is 0 Å². The molecule has 0 atom stereocenters. The van der Waals surface area contributed by atoms with E-state index < -0.39 is 0 Å². The molecule has 0 saturated heterocycles. The summed E-state index contributed by atoms with van der Waals surface area (Å²) in [6.45, 7) is 4.21. The first kappa shape index (κ1) is 7.25. The van der Waals surface area contributed by atoms with Gasteiger partial charge in [0.15, 0.2) is 0 Å². The van der Waals surface area contributed by atoms with Crippen LogP contribution >= 0.6 is 11.5 Å². The molecule has 2 rings (SSSR count). The lowest BCUT2D eigenvalue weighted by Crippen LogP contribution is -2.20. The fraction of sp³-hybridized carbons (Fsp3) is 0.625. The quantitative estimate of drug-likeness (QED) is 0.693. The van der Waals surface area contributed by atoms with Crippen molar-refractivity contribution < 1.29 is 0 Å². The third-order valence-corrected chi connectivity index (χ3v) is 3.27. The van der Waals surface area contributed by atoms with E-state index in [0.29, 0.717) is 0 Å². The second-order valence-corrected chi connectivity index (χ2v) is 4.35. The van der Waals surface area contributed by atoms with Gasteiger partial charge < -0.3 is 5.73 Å². The van der Waals surface area contributed by atoms with E-state index in [4.69, 9.17) is 5.73 Å². The minimum atomic E-state index is -0.0468. The highest BCUT2D eigenvalue weighted by molar-refractivity contribution is 7.05. The van der Waals surface area contributed by atoms with Gasteiger partial charge >= 0.3 is 0 Å². The molecule has 2 nitrogen and oxygen atoms in total. The van der Waals surface area contributed by atoms with Crippen LogP contribution < -0.4 is 5.73 Å². The van der Waals surface area contributed by atoms with Crippen LogP contribution in [0.3, 0.4) is 0 Å². The molecule has 1 heterocycles. The number of nitrogens with zero attached hydrogens (tertiary/aromatic N) is 1. The van der Waals surface area contributed by atoms with Gasteiger partial charge in [0.2, 0.25) is 0 Å². The average molecular weight is 168 g/mol. The fourth-order valence-corrected chi connectivity index (χ4v) is 2.03. The Bertz CT molecular complexity index is 286. The molecule has 3 heteroatoms. The number of hydrogen-bond donors (Lipinski definition) is 1. The summed E-state index contributed by atoms with van der Waals surface area (Å²) in [4.78, 5) is 1.30. The number of aryl methyl sites for hydroxylation is 1. The largest absolute Gasteiger partial charge is 0.320 e. The van der Waals surface area contributed by atoms with E-state index in [0.717, 1.165) is 18.5 Å². The van der Waals surface area contributed by atoms with Crippen LogP contribution in [0.25, 0.3) is 0 Å². The van der Waals surface area contributed by atoms with Gasteiger partial charge in [0.1, 0.15) is 0 Å². The summed E-state index contributed by atoms with van der Waals surface area (Å²) in [5, 5.41) is 0. The van der Waals surface area contributed by atoms with Gasteiger partial charge in [-0.3, -0.25) is 0 Å². The minimum Gasteiger partial charge on any atom is -0.320 e. The number of hydrogen-bond acceptors (Lipinski definition) is 3. The SMILES string of the molecule is Cc1snc(C2(N)CC2)c1C. The second-order valence-electron chi connectivity index (χ2n) is 3.37. The van der Waals surface area contributed by atoms with Gasteiger partial charge in [-0.15, -0.1) is 0 Å². The van der Waals surface area contributed by atoms with Crippen molar-refractivity contribution in [1.29, 1.82) is 0 Å². The molecular formula is C8H12N2S. The summed E-state index contributed by atoms with van der Waals surface area (Å²) in [5.74, 6) is 0. The Labute approximate surface area is 70.6 Å². The van der Waals surface area contributed by atoms with Crippen molar-refractivity contribution in [2.24, 2.45) is 5.73 Å². The minimum absolute atomic E-state index is 0.0468. The third-order valence-electron chi connectivity index (χ3n) is 2.42. The number of aromatic nitrogens is 1. The lowest BCUT2D eigenvalue weighted by molar-refractivity contribution is 0.712. The van der Waals surface area contributed by atoms with E-state index >= 15 is 0 Å². The lowest BCUT2D eigenvalue weighted by atomic mass is 10.1. The lowest BCUT2D eigenvalue weighted by Gasteiger charge is -2.04. The molecule has 0 radical (unpaired) electrons. The van der Waals surface area contributed by atoms with Gasteiger partial charge in [-0.1, -0.05) is 0 Å². The fourth-order valence-electron chi connectivity index (χ4n) is 1.25. The molecule has 2 N–H and O–H groups in total. The molecule has 0 unspecified atom stereocenters. The Morgan fingerprint density at radius 2 is 2.09 bits per heavy atom. The molecule has 60 valence electrons. The van der Waals surface area contributed by atoms with Crippen LogP contribution in [-0.4, -0.2) is 4.37 Å². The van der Waals surface area contributed by atoms with E-state index in [2.05, 4.69) is 18.2 Å². The first-order valence-corrected chi connectivity index (χ1v) is 4.63. The maximum Gasteiger partial charge on any atom is 0.0772 e. The van der Waals surface area contributed by atoms with E-state index in [9.17, 15) is 0 Å². The van der Waals surface area contributed by atoms with Crippen molar-refractivity contribution >= 4 is 11.5 Å². The summed E-state index contributed by atoms with van der Waals surface area (Å²) in [6, 6.07) is 0. The highest BCUT2D eigenvalue weighted by atomic mass is 32.1. The molecule has 0 bridgehead atoms. The van der Waals surface area contributed by atoms with Crippen molar-refractivity contribution in [2.45, 2.75) is 32.2 Å². The first-order chi connectivity index (χ1) is 5.13. The smallest absolute Gasteiger partial charge is 0.0772 e. The number of rotatable bonds is 1. The Morgan fingerprint density at radius 3 is 2.45 bits per heavy atom.